The molecule has 0 spiro atoms. The van der Waals surface area contributed by atoms with Crippen LogP contribution in [-0.2, 0) is 16.1 Å². The summed E-state index contributed by atoms with van der Waals surface area (Å²) in [6.07, 6.45) is 6.28. The van der Waals surface area contributed by atoms with E-state index in [1.54, 1.807) is 6.92 Å². The molecule has 1 aliphatic heterocycles. The molecule has 4 rings (SSSR count). The summed E-state index contributed by atoms with van der Waals surface area (Å²) in [6, 6.07) is -0.905. The van der Waals surface area contributed by atoms with Crippen molar-refractivity contribution in [3.05, 3.63) is 20.8 Å². The van der Waals surface area contributed by atoms with Crippen molar-refractivity contribution in [2.45, 2.75) is 83.3 Å². The molecule has 1 saturated heterocycles. The highest BCUT2D eigenvalue weighted by Gasteiger charge is 2.56. The van der Waals surface area contributed by atoms with Crippen LogP contribution >= 0.6 is 0 Å². The van der Waals surface area contributed by atoms with Crippen molar-refractivity contribution in [2.75, 3.05) is 17.2 Å². The Labute approximate surface area is 191 Å². The molecule has 2 saturated carbocycles. The van der Waals surface area contributed by atoms with E-state index < -0.39 is 41.2 Å². The highest BCUT2D eigenvalue weighted by atomic mass is 16.2. The largest absolute Gasteiger partial charge is 0.383 e. The number of amides is 4. The first-order chi connectivity index (χ1) is 15.7. The van der Waals surface area contributed by atoms with E-state index in [1.807, 2.05) is 6.92 Å². The van der Waals surface area contributed by atoms with Crippen LogP contribution in [0.4, 0.5) is 16.3 Å². The van der Waals surface area contributed by atoms with Crippen molar-refractivity contribution in [3.8, 4) is 0 Å². The first-order valence-electron chi connectivity index (χ1n) is 11.8. The van der Waals surface area contributed by atoms with Gasteiger partial charge in [-0.25, -0.2) is 9.59 Å². The predicted octanol–water partition coefficient (Wildman–Crippen LogP) is 0.915. The molecule has 1 atom stereocenters. The minimum absolute atomic E-state index is 0.0700. The number of hydrogen-bond acceptors (Lipinski definition) is 6. The number of nitrogens with two attached hydrogens (primary N) is 1. The predicted molar refractivity (Wildman–Crippen MR) is 122 cm³/mol. The van der Waals surface area contributed by atoms with E-state index in [-0.39, 0.29) is 23.5 Å². The number of anilines is 2. The van der Waals surface area contributed by atoms with Crippen molar-refractivity contribution >= 4 is 29.4 Å². The fraction of sp³-hybridized carbons (Fsp3) is 0.682. The fourth-order valence-electron chi connectivity index (χ4n) is 5.03. The van der Waals surface area contributed by atoms with Gasteiger partial charge >= 0.3 is 11.7 Å². The number of imide groups is 1. The number of aromatic amines is 1. The number of aromatic nitrogens is 2. The number of carbonyl (C=O) groups excluding carboxylic acids is 3. The van der Waals surface area contributed by atoms with Gasteiger partial charge in [-0.15, -0.1) is 0 Å². The van der Waals surface area contributed by atoms with Gasteiger partial charge in [0.2, 0.25) is 5.91 Å². The topological polar surface area (TPSA) is 151 Å². The second kappa shape index (κ2) is 8.68. The van der Waals surface area contributed by atoms with Crippen molar-refractivity contribution in [1.82, 2.24) is 19.8 Å². The monoisotopic (exact) mass is 460 g/mol. The number of nitrogens with zero attached hydrogens (tertiary/aromatic N) is 3. The van der Waals surface area contributed by atoms with E-state index in [0.717, 1.165) is 37.0 Å². The Kier molecular flexibility index (Phi) is 6.06. The molecule has 33 heavy (non-hydrogen) atoms. The number of unbranched alkanes of at least 4 members (excludes halogenated alkanes) is 1. The molecule has 1 aromatic rings. The number of rotatable bonds is 8. The van der Waals surface area contributed by atoms with E-state index >= 15 is 0 Å². The zero-order chi connectivity index (χ0) is 23.9. The average molecular weight is 461 g/mol. The number of hydrogen-bond donors (Lipinski definition) is 3. The molecule has 2 heterocycles. The lowest BCUT2D eigenvalue weighted by atomic mass is 9.96. The van der Waals surface area contributed by atoms with Gasteiger partial charge in [0.1, 0.15) is 17.9 Å². The number of nitrogens with one attached hydrogen (secondary N) is 2. The lowest BCUT2D eigenvalue weighted by molar-refractivity contribution is -0.134. The van der Waals surface area contributed by atoms with E-state index in [2.05, 4.69) is 10.3 Å². The number of nitrogen functional groups attached to an aromatic ring is 1. The van der Waals surface area contributed by atoms with Crippen LogP contribution in [-0.4, -0.2) is 50.4 Å². The van der Waals surface area contributed by atoms with Gasteiger partial charge in [-0.3, -0.25) is 33.7 Å². The van der Waals surface area contributed by atoms with Crippen LogP contribution in [0.25, 0.3) is 0 Å². The Morgan fingerprint density at radius 3 is 2.42 bits per heavy atom. The average Bonchev–Trinajstić information content (AvgIpc) is 3.45. The lowest BCUT2D eigenvalue weighted by Gasteiger charge is -2.31. The van der Waals surface area contributed by atoms with Crippen molar-refractivity contribution in [1.29, 1.82) is 0 Å². The molecule has 4 N–H and O–H groups in total. The molecule has 0 radical (unpaired) electrons. The second-order valence-electron chi connectivity index (χ2n) is 9.50. The molecule has 3 fully saturated rings. The van der Waals surface area contributed by atoms with Gasteiger partial charge in [0.25, 0.3) is 11.5 Å². The summed E-state index contributed by atoms with van der Waals surface area (Å²) in [5.74, 6) is -0.995. The Morgan fingerprint density at radius 2 is 1.82 bits per heavy atom. The molecule has 0 aromatic carbocycles. The van der Waals surface area contributed by atoms with Crippen LogP contribution in [0.1, 0.15) is 65.2 Å². The van der Waals surface area contributed by atoms with Crippen molar-refractivity contribution in [2.24, 2.45) is 5.92 Å². The summed E-state index contributed by atoms with van der Waals surface area (Å²) in [5.41, 5.74) is 3.82. The van der Waals surface area contributed by atoms with Crippen molar-refractivity contribution in [3.63, 3.8) is 0 Å². The third-order valence-electron chi connectivity index (χ3n) is 7.14. The van der Waals surface area contributed by atoms with Gasteiger partial charge < -0.3 is 11.1 Å². The highest BCUT2D eigenvalue weighted by Crippen LogP contribution is 2.42. The highest BCUT2D eigenvalue weighted by molar-refractivity contribution is 6.11. The number of carbonyl (C=O) groups is 3. The minimum atomic E-state index is -1.00. The second-order valence-corrected chi connectivity index (χ2v) is 9.50. The van der Waals surface area contributed by atoms with Crippen LogP contribution in [0.5, 0.6) is 0 Å². The van der Waals surface area contributed by atoms with E-state index in [1.165, 1.54) is 9.47 Å². The Bertz CT molecular complexity index is 1080. The van der Waals surface area contributed by atoms with Gasteiger partial charge in [-0.2, -0.15) is 0 Å². The first-order valence-corrected chi connectivity index (χ1v) is 11.8. The Hall–Kier alpha value is -3.11. The Balaban J connectivity index is 1.68. The van der Waals surface area contributed by atoms with E-state index in [0.29, 0.717) is 25.8 Å². The maximum Gasteiger partial charge on any atom is 0.330 e. The van der Waals surface area contributed by atoms with E-state index in [4.69, 9.17) is 5.73 Å². The van der Waals surface area contributed by atoms with Gasteiger partial charge in [0.15, 0.2) is 5.69 Å². The quantitative estimate of drug-likeness (QED) is 0.491. The lowest BCUT2D eigenvalue weighted by Crippen LogP contribution is -2.51. The minimum Gasteiger partial charge on any atom is -0.383 e. The van der Waals surface area contributed by atoms with Crippen molar-refractivity contribution < 1.29 is 14.4 Å². The molecule has 0 bridgehead atoms. The first kappa shape index (κ1) is 23.1. The number of urea groups is 1. The van der Waals surface area contributed by atoms with Crippen LogP contribution < -0.4 is 27.2 Å². The standard InChI is InChI=1S/C22H32N6O5/c1-3-4-11-26-17(23)16(18(30)24-20(26)32)28(14-7-5-6-8-14)15(29)12-27-19(31)22(2,13-9-10-13)25-21(27)33/h13-14H,3-12,23H2,1-2H3,(H,25,33)(H,24,30,32). The van der Waals surface area contributed by atoms with Gasteiger partial charge in [0, 0.05) is 12.6 Å². The molecule has 11 nitrogen and oxygen atoms in total. The third-order valence-corrected chi connectivity index (χ3v) is 7.14. The summed E-state index contributed by atoms with van der Waals surface area (Å²) >= 11 is 0. The maximum atomic E-state index is 13.5. The van der Waals surface area contributed by atoms with Gasteiger partial charge in [-0.1, -0.05) is 26.2 Å². The Morgan fingerprint density at radius 1 is 1.15 bits per heavy atom. The maximum absolute atomic E-state index is 13.5. The molecule has 180 valence electrons. The smallest absolute Gasteiger partial charge is 0.330 e. The van der Waals surface area contributed by atoms with Crippen LogP contribution in [0.2, 0.25) is 0 Å². The van der Waals surface area contributed by atoms with Gasteiger partial charge in [-0.05, 0) is 44.9 Å². The van der Waals surface area contributed by atoms with Crippen LogP contribution in [0.3, 0.4) is 0 Å². The van der Waals surface area contributed by atoms with Gasteiger partial charge in [0.05, 0.1) is 0 Å². The third kappa shape index (κ3) is 4.04. The summed E-state index contributed by atoms with van der Waals surface area (Å²) in [6.45, 7) is 3.48. The van der Waals surface area contributed by atoms with Crippen LogP contribution in [0, 0.1) is 5.92 Å². The zero-order valence-electron chi connectivity index (χ0n) is 19.2. The molecule has 11 heteroatoms. The van der Waals surface area contributed by atoms with Crippen LogP contribution in [0.15, 0.2) is 9.59 Å². The summed E-state index contributed by atoms with van der Waals surface area (Å²) in [5, 5.41) is 2.74. The fourth-order valence-corrected chi connectivity index (χ4v) is 5.03. The summed E-state index contributed by atoms with van der Waals surface area (Å²) in [7, 11) is 0. The van der Waals surface area contributed by atoms with E-state index in [9.17, 15) is 24.0 Å². The molecule has 1 aromatic heterocycles. The molecule has 2 aliphatic carbocycles. The molecule has 1 unspecified atom stereocenters. The summed E-state index contributed by atoms with van der Waals surface area (Å²) < 4.78 is 1.27. The SMILES string of the molecule is CCCCn1c(N)c(N(C(=O)CN2C(=O)NC(C)(C3CC3)C2=O)C2CCCC2)c(=O)[nH]c1=O. The molecule has 4 amide bonds. The zero-order valence-corrected chi connectivity index (χ0v) is 19.2. The molecular weight excluding hydrogens is 428 g/mol. The molecule has 3 aliphatic rings. The normalized spacial score (nSPS) is 23.3. The summed E-state index contributed by atoms with van der Waals surface area (Å²) in [4.78, 5) is 68.9. The molecular formula is C22H32N6O5. The number of H-pyrrole nitrogens is 1.